The maximum absolute atomic E-state index is 10.8. The molecule has 0 radical (unpaired) electrons. The van der Waals surface area contributed by atoms with E-state index in [1.54, 1.807) is 0 Å². The molecule has 0 aromatic heterocycles. The molecule has 0 aromatic rings. The Morgan fingerprint density at radius 2 is 1.90 bits per heavy atom. The Bertz CT molecular complexity index is 462. The molecule has 0 aromatic carbocycles. The van der Waals surface area contributed by atoms with E-state index in [-0.39, 0.29) is 11.0 Å². The van der Waals surface area contributed by atoms with Crippen molar-refractivity contribution in [3.8, 4) is 0 Å². The minimum absolute atomic E-state index is 0.254. The second-order valence-electron chi connectivity index (χ2n) is 7.83. The molecule has 2 aliphatic carbocycles. The van der Waals surface area contributed by atoms with Crippen molar-refractivity contribution in [2.24, 2.45) is 22.7 Å². The third-order valence-corrected chi connectivity index (χ3v) is 6.18. The summed E-state index contributed by atoms with van der Waals surface area (Å²) in [6.07, 6.45) is 10.0. The zero-order chi connectivity index (χ0) is 15.7. The molecule has 2 rings (SSSR count). The number of rotatable bonds is 4. The van der Waals surface area contributed by atoms with Crippen LogP contribution in [0.15, 0.2) is 23.8 Å². The van der Waals surface area contributed by atoms with Gasteiger partial charge in [0.25, 0.3) is 0 Å². The van der Waals surface area contributed by atoms with Gasteiger partial charge in [0.2, 0.25) is 0 Å². The normalized spacial score (nSPS) is 34.7. The highest BCUT2D eigenvalue weighted by Gasteiger charge is 2.52. The standard InChI is InChI=1S/C19H28O2/c1-14-6-9-17-18(2,3)10-5-11-19(17,4)16(14)8-7-15(12-20)13-21/h7,12-13,16-17H,1,5-6,8-11H2,2-4H3/t16-,17?,19+/m1/s1. The zero-order valence-electron chi connectivity index (χ0n) is 13.7. The minimum Gasteiger partial charge on any atom is -0.298 e. The van der Waals surface area contributed by atoms with Gasteiger partial charge < -0.3 is 0 Å². The molecule has 2 saturated carbocycles. The maximum Gasteiger partial charge on any atom is 0.153 e. The molecule has 2 aliphatic rings. The lowest BCUT2D eigenvalue weighted by molar-refractivity contribution is -0.109. The number of fused-ring (bicyclic) bond motifs is 1. The molecule has 0 heterocycles. The molecule has 0 spiro atoms. The lowest BCUT2D eigenvalue weighted by atomic mass is 9.47. The summed E-state index contributed by atoms with van der Waals surface area (Å²) in [5, 5.41) is 0. The smallest absolute Gasteiger partial charge is 0.153 e. The molecule has 3 atom stereocenters. The van der Waals surface area contributed by atoms with E-state index in [1.807, 2.05) is 6.08 Å². The number of aldehydes is 2. The van der Waals surface area contributed by atoms with Crippen LogP contribution in [0.3, 0.4) is 0 Å². The van der Waals surface area contributed by atoms with Gasteiger partial charge in [0.1, 0.15) is 0 Å². The van der Waals surface area contributed by atoms with E-state index >= 15 is 0 Å². The Morgan fingerprint density at radius 3 is 2.52 bits per heavy atom. The largest absolute Gasteiger partial charge is 0.298 e. The van der Waals surface area contributed by atoms with Crippen molar-refractivity contribution in [2.75, 3.05) is 0 Å². The monoisotopic (exact) mass is 288 g/mol. The summed E-state index contributed by atoms with van der Waals surface area (Å²) in [7, 11) is 0. The molecular weight excluding hydrogens is 260 g/mol. The first-order chi connectivity index (χ1) is 9.85. The van der Waals surface area contributed by atoms with Crippen LogP contribution >= 0.6 is 0 Å². The summed E-state index contributed by atoms with van der Waals surface area (Å²) in [6, 6.07) is 0. The number of hydrogen-bond donors (Lipinski definition) is 0. The van der Waals surface area contributed by atoms with Gasteiger partial charge in [-0.3, -0.25) is 9.59 Å². The van der Waals surface area contributed by atoms with Crippen LogP contribution < -0.4 is 0 Å². The molecule has 0 aliphatic heterocycles. The Balaban J connectivity index is 2.29. The number of allylic oxidation sites excluding steroid dienone is 3. The molecule has 1 unspecified atom stereocenters. The number of carbonyl (C=O) groups excluding carboxylic acids is 2. The second-order valence-corrected chi connectivity index (χ2v) is 7.83. The number of hydrogen-bond acceptors (Lipinski definition) is 2. The zero-order valence-corrected chi connectivity index (χ0v) is 13.7. The summed E-state index contributed by atoms with van der Waals surface area (Å²) in [6.45, 7) is 11.5. The van der Waals surface area contributed by atoms with Crippen molar-refractivity contribution in [3.63, 3.8) is 0 Å². The van der Waals surface area contributed by atoms with E-state index in [9.17, 15) is 9.59 Å². The van der Waals surface area contributed by atoms with Gasteiger partial charge in [-0.1, -0.05) is 45.4 Å². The van der Waals surface area contributed by atoms with Crippen molar-refractivity contribution in [2.45, 2.75) is 59.3 Å². The molecule has 0 bridgehead atoms. The van der Waals surface area contributed by atoms with Gasteiger partial charge in [0.15, 0.2) is 12.6 Å². The maximum atomic E-state index is 10.8. The molecule has 0 saturated heterocycles. The van der Waals surface area contributed by atoms with Crippen LogP contribution in [0.5, 0.6) is 0 Å². The summed E-state index contributed by atoms with van der Waals surface area (Å²) >= 11 is 0. The van der Waals surface area contributed by atoms with Crippen molar-refractivity contribution in [1.82, 2.24) is 0 Å². The van der Waals surface area contributed by atoms with Crippen LogP contribution in [-0.2, 0) is 9.59 Å². The Hall–Kier alpha value is -1.18. The Labute approximate surface area is 128 Å². The van der Waals surface area contributed by atoms with Gasteiger partial charge in [0.05, 0.1) is 5.57 Å². The average molecular weight is 288 g/mol. The molecule has 2 fully saturated rings. The van der Waals surface area contributed by atoms with E-state index in [1.165, 1.54) is 31.3 Å². The van der Waals surface area contributed by atoms with E-state index in [4.69, 9.17) is 0 Å². The lowest BCUT2D eigenvalue weighted by Gasteiger charge is -2.58. The van der Waals surface area contributed by atoms with Crippen molar-refractivity contribution >= 4 is 12.6 Å². The van der Waals surface area contributed by atoms with Crippen molar-refractivity contribution in [1.29, 1.82) is 0 Å². The van der Waals surface area contributed by atoms with Gasteiger partial charge in [0, 0.05) is 0 Å². The third-order valence-electron chi connectivity index (χ3n) is 6.18. The molecule has 21 heavy (non-hydrogen) atoms. The average Bonchev–Trinajstić information content (AvgIpc) is 2.41. The van der Waals surface area contributed by atoms with Gasteiger partial charge in [-0.25, -0.2) is 0 Å². The van der Waals surface area contributed by atoms with Gasteiger partial charge >= 0.3 is 0 Å². The predicted octanol–water partition coefficient (Wildman–Crippen LogP) is 4.50. The van der Waals surface area contributed by atoms with E-state index in [0.29, 0.717) is 29.8 Å². The van der Waals surface area contributed by atoms with Crippen LogP contribution in [0.2, 0.25) is 0 Å². The fraction of sp³-hybridized carbons (Fsp3) is 0.684. The predicted molar refractivity (Wildman–Crippen MR) is 85.9 cm³/mol. The van der Waals surface area contributed by atoms with Crippen molar-refractivity contribution in [3.05, 3.63) is 23.8 Å². The molecular formula is C19H28O2. The second kappa shape index (κ2) is 5.90. The molecule has 2 nitrogen and oxygen atoms in total. The highest BCUT2D eigenvalue weighted by molar-refractivity contribution is 5.99. The van der Waals surface area contributed by atoms with Gasteiger partial charge in [-0.15, -0.1) is 0 Å². The highest BCUT2D eigenvalue weighted by Crippen LogP contribution is 2.61. The summed E-state index contributed by atoms with van der Waals surface area (Å²) < 4.78 is 0. The highest BCUT2D eigenvalue weighted by atomic mass is 16.1. The Morgan fingerprint density at radius 1 is 1.24 bits per heavy atom. The van der Waals surface area contributed by atoms with Gasteiger partial charge in [-0.2, -0.15) is 0 Å². The van der Waals surface area contributed by atoms with E-state index < -0.39 is 0 Å². The fourth-order valence-electron chi connectivity index (χ4n) is 5.09. The summed E-state index contributed by atoms with van der Waals surface area (Å²) in [5.74, 6) is 1.10. The SMILES string of the molecule is C=C1CCC2C(C)(C)CCC[C@@]2(C)[C@@H]1CC=C(C=O)C=O. The topological polar surface area (TPSA) is 34.1 Å². The first-order valence-electron chi connectivity index (χ1n) is 8.13. The van der Waals surface area contributed by atoms with Crippen LogP contribution in [0.4, 0.5) is 0 Å². The van der Waals surface area contributed by atoms with Crippen LogP contribution in [0.1, 0.15) is 59.3 Å². The molecule has 2 heteroatoms. The van der Waals surface area contributed by atoms with E-state index in [2.05, 4.69) is 27.4 Å². The Kier molecular flexibility index (Phi) is 4.55. The first kappa shape index (κ1) is 16.2. The molecule has 0 amide bonds. The first-order valence-corrected chi connectivity index (χ1v) is 8.13. The summed E-state index contributed by atoms with van der Waals surface area (Å²) in [5.41, 5.74) is 2.21. The number of carbonyl (C=O) groups is 2. The van der Waals surface area contributed by atoms with E-state index in [0.717, 1.165) is 12.8 Å². The van der Waals surface area contributed by atoms with Crippen LogP contribution in [0.25, 0.3) is 0 Å². The van der Waals surface area contributed by atoms with Crippen LogP contribution in [-0.4, -0.2) is 12.6 Å². The fourth-order valence-corrected chi connectivity index (χ4v) is 5.09. The van der Waals surface area contributed by atoms with Crippen molar-refractivity contribution < 1.29 is 9.59 Å². The molecule has 116 valence electrons. The third kappa shape index (κ3) is 2.90. The van der Waals surface area contributed by atoms with Gasteiger partial charge in [-0.05, 0) is 54.8 Å². The lowest BCUT2D eigenvalue weighted by Crippen LogP contribution is -2.49. The molecule has 0 N–H and O–H groups in total. The van der Waals surface area contributed by atoms with Crippen LogP contribution in [0, 0.1) is 22.7 Å². The minimum atomic E-state index is 0.254. The quantitative estimate of drug-likeness (QED) is 0.251. The summed E-state index contributed by atoms with van der Waals surface area (Å²) in [4.78, 5) is 21.7.